The van der Waals surface area contributed by atoms with Gasteiger partial charge in [-0.1, -0.05) is 13.8 Å². The maximum Gasteiger partial charge on any atom is 0.223 e. The molecule has 9 nitrogen and oxygen atoms in total. The van der Waals surface area contributed by atoms with Crippen LogP contribution in [0, 0.1) is 5.92 Å². The Labute approximate surface area is 142 Å². The van der Waals surface area contributed by atoms with E-state index in [-0.39, 0.29) is 5.95 Å². The van der Waals surface area contributed by atoms with Crippen molar-refractivity contribution >= 4 is 28.9 Å². The number of aliphatic hydroxyl groups is 3. The summed E-state index contributed by atoms with van der Waals surface area (Å²) in [4.78, 5) is 12.8. The molecule has 0 amide bonds. The lowest BCUT2D eigenvalue weighted by Gasteiger charge is -2.16. The Hall–Kier alpha value is -1.46. The number of ether oxygens (including phenoxy) is 1. The van der Waals surface area contributed by atoms with Crippen molar-refractivity contribution in [3.8, 4) is 0 Å². The minimum Gasteiger partial charge on any atom is -0.394 e. The van der Waals surface area contributed by atoms with E-state index in [1.807, 2.05) is 0 Å². The summed E-state index contributed by atoms with van der Waals surface area (Å²) in [5.74, 6) is 1.43. The summed E-state index contributed by atoms with van der Waals surface area (Å²) >= 11 is 1.53. The van der Waals surface area contributed by atoms with Crippen LogP contribution in [0.2, 0.25) is 0 Å². The van der Waals surface area contributed by atoms with E-state index in [0.29, 0.717) is 22.1 Å². The smallest absolute Gasteiger partial charge is 0.223 e. The number of aromatic nitrogens is 4. The Morgan fingerprint density at radius 3 is 2.71 bits per heavy atom. The first-order valence-electron chi connectivity index (χ1n) is 7.67. The second-order valence-corrected chi connectivity index (χ2v) is 7.15. The molecule has 0 radical (unpaired) electrons. The summed E-state index contributed by atoms with van der Waals surface area (Å²) < 4.78 is 7.04. The maximum atomic E-state index is 10.2. The number of hydrogen-bond donors (Lipinski definition) is 4. The topological polar surface area (TPSA) is 140 Å². The lowest BCUT2D eigenvalue weighted by atomic mass is 10.1. The molecule has 3 heterocycles. The van der Waals surface area contributed by atoms with Gasteiger partial charge in [0.05, 0.1) is 12.9 Å². The number of nitrogens with zero attached hydrogens (tertiary/aromatic N) is 4. The third kappa shape index (κ3) is 3.07. The van der Waals surface area contributed by atoms with E-state index in [4.69, 9.17) is 10.5 Å². The molecule has 2 aromatic heterocycles. The van der Waals surface area contributed by atoms with E-state index >= 15 is 0 Å². The third-order valence-corrected chi connectivity index (χ3v) is 5.14. The van der Waals surface area contributed by atoms with Crippen LogP contribution in [0.25, 0.3) is 11.2 Å². The lowest BCUT2D eigenvalue weighted by Crippen LogP contribution is -2.33. The second kappa shape index (κ2) is 6.81. The highest BCUT2D eigenvalue weighted by Crippen LogP contribution is 2.33. The average molecular weight is 355 g/mol. The van der Waals surface area contributed by atoms with Gasteiger partial charge in [-0.15, -0.1) is 11.8 Å². The predicted molar refractivity (Wildman–Crippen MR) is 88.3 cm³/mol. The zero-order valence-electron chi connectivity index (χ0n) is 13.4. The van der Waals surface area contributed by atoms with E-state index < -0.39 is 31.1 Å². The fourth-order valence-corrected chi connectivity index (χ4v) is 3.48. The molecule has 0 bridgehead atoms. The van der Waals surface area contributed by atoms with Gasteiger partial charge in [-0.25, -0.2) is 9.97 Å². The number of nitrogens with two attached hydrogens (primary N) is 1. The molecule has 1 fully saturated rings. The van der Waals surface area contributed by atoms with E-state index in [0.717, 1.165) is 5.75 Å². The Morgan fingerprint density at radius 2 is 2.08 bits per heavy atom. The van der Waals surface area contributed by atoms with Gasteiger partial charge in [-0.05, 0) is 5.92 Å². The SMILES string of the molecule is CC(C)CSc1nc(N)nc2c1ncn2C1OC(CO)C(O)C1O. The Balaban J connectivity index is 1.98. The normalized spacial score (nSPS) is 27.4. The molecule has 0 aromatic carbocycles. The van der Waals surface area contributed by atoms with E-state index in [2.05, 4.69) is 28.8 Å². The molecule has 0 saturated carbocycles. The van der Waals surface area contributed by atoms with E-state index in [1.165, 1.54) is 22.7 Å². The van der Waals surface area contributed by atoms with Crippen molar-refractivity contribution in [2.75, 3.05) is 18.1 Å². The van der Waals surface area contributed by atoms with Crippen molar-refractivity contribution in [1.82, 2.24) is 19.5 Å². The standard InChI is InChI=1S/C14H21N5O4S/c1-6(2)4-24-12-8-11(17-14(15)18-12)19(5-16-8)13-10(22)9(21)7(3-20)23-13/h5-7,9-10,13,20-22H,3-4H2,1-2H3,(H2,15,17,18). The van der Waals surface area contributed by atoms with Crippen molar-refractivity contribution < 1.29 is 20.1 Å². The molecule has 10 heteroatoms. The number of thioether (sulfide) groups is 1. The fraction of sp³-hybridized carbons (Fsp3) is 0.643. The van der Waals surface area contributed by atoms with Gasteiger partial charge in [-0.3, -0.25) is 4.57 Å². The summed E-state index contributed by atoms with van der Waals surface area (Å²) in [5, 5.41) is 30.0. The van der Waals surface area contributed by atoms with Crippen LogP contribution in [-0.4, -0.2) is 65.5 Å². The minimum atomic E-state index is -1.21. The molecule has 1 aliphatic heterocycles. The first-order chi connectivity index (χ1) is 11.4. The first-order valence-corrected chi connectivity index (χ1v) is 8.66. The zero-order valence-corrected chi connectivity index (χ0v) is 14.2. The highest BCUT2D eigenvalue weighted by Gasteiger charge is 2.44. The number of fused-ring (bicyclic) bond motifs is 1. The van der Waals surface area contributed by atoms with Gasteiger partial charge in [0.25, 0.3) is 0 Å². The number of nitrogen functional groups attached to an aromatic ring is 1. The molecule has 4 atom stereocenters. The van der Waals surface area contributed by atoms with Crippen molar-refractivity contribution in [3.63, 3.8) is 0 Å². The van der Waals surface area contributed by atoms with Crippen LogP contribution in [0.15, 0.2) is 11.4 Å². The molecule has 0 aliphatic carbocycles. The van der Waals surface area contributed by atoms with Crippen molar-refractivity contribution in [2.45, 2.75) is 43.4 Å². The quantitative estimate of drug-likeness (QED) is 0.423. The molecular weight excluding hydrogens is 334 g/mol. The van der Waals surface area contributed by atoms with Gasteiger partial charge in [0, 0.05) is 5.75 Å². The molecule has 132 valence electrons. The Bertz CT molecular complexity index is 724. The molecule has 24 heavy (non-hydrogen) atoms. The molecule has 2 aromatic rings. The highest BCUT2D eigenvalue weighted by molar-refractivity contribution is 7.99. The molecule has 4 unspecified atom stereocenters. The maximum absolute atomic E-state index is 10.2. The van der Waals surface area contributed by atoms with Gasteiger partial charge in [0.1, 0.15) is 28.9 Å². The van der Waals surface area contributed by atoms with Crippen LogP contribution in [0.4, 0.5) is 5.95 Å². The number of anilines is 1. The lowest BCUT2D eigenvalue weighted by molar-refractivity contribution is -0.0511. The molecule has 3 rings (SSSR count). The number of imidazole rings is 1. The Kier molecular flexibility index (Phi) is 4.92. The zero-order chi connectivity index (χ0) is 17.4. The van der Waals surface area contributed by atoms with E-state index in [9.17, 15) is 15.3 Å². The molecule has 1 aliphatic rings. The molecule has 0 spiro atoms. The Morgan fingerprint density at radius 1 is 1.33 bits per heavy atom. The number of rotatable bonds is 5. The van der Waals surface area contributed by atoms with Crippen molar-refractivity contribution in [1.29, 1.82) is 0 Å². The average Bonchev–Trinajstić information content (AvgIpc) is 3.07. The molecule has 1 saturated heterocycles. The second-order valence-electron chi connectivity index (χ2n) is 6.14. The minimum absolute atomic E-state index is 0.0993. The van der Waals surface area contributed by atoms with Crippen molar-refractivity contribution in [3.05, 3.63) is 6.33 Å². The number of hydrogen-bond acceptors (Lipinski definition) is 9. The predicted octanol–water partition coefficient (Wildman–Crippen LogP) is -0.232. The van der Waals surface area contributed by atoms with E-state index in [1.54, 1.807) is 0 Å². The summed E-state index contributed by atoms with van der Waals surface area (Å²) in [6, 6.07) is 0. The van der Waals surface area contributed by atoms with Crippen LogP contribution < -0.4 is 5.73 Å². The molecular formula is C14H21N5O4S. The monoisotopic (exact) mass is 355 g/mol. The third-order valence-electron chi connectivity index (χ3n) is 3.75. The summed E-state index contributed by atoms with van der Waals surface area (Å²) in [6.45, 7) is 3.81. The van der Waals surface area contributed by atoms with Gasteiger partial charge >= 0.3 is 0 Å². The van der Waals surface area contributed by atoms with Crippen molar-refractivity contribution in [2.24, 2.45) is 5.92 Å². The summed E-state index contributed by atoms with van der Waals surface area (Å²) in [7, 11) is 0. The van der Waals surface area contributed by atoms with Gasteiger partial charge < -0.3 is 25.8 Å². The van der Waals surface area contributed by atoms with Gasteiger partial charge in [0.2, 0.25) is 5.95 Å². The van der Waals surface area contributed by atoms with Gasteiger partial charge in [-0.2, -0.15) is 4.98 Å². The highest BCUT2D eigenvalue weighted by atomic mass is 32.2. The number of aliphatic hydroxyl groups excluding tert-OH is 3. The largest absolute Gasteiger partial charge is 0.394 e. The first kappa shape index (κ1) is 17.4. The summed E-state index contributed by atoms with van der Waals surface area (Å²) in [6.07, 6.45) is -2.69. The van der Waals surface area contributed by atoms with Crippen LogP contribution >= 0.6 is 11.8 Å². The van der Waals surface area contributed by atoms with Crippen LogP contribution in [0.5, 0.6) is 0 Å². The van der Waals surface area contributed by atoms with Crippen LogP contribution in [0.3, 0.4) is 0 Å². The molecule has 5 N–H and O–H groups in total. The van der Waals surface area contributed by atoms with Crippen LogP contribution in [0.1, 0.15) is 20.1 Å². The summed E-state index contributed by atoms with van der Waals surface area (Å²) in [5.41, 5.74) is 6.79. The van der Waals surface area contributed by atoms with Crippen LogP contribution in [-0.2, 0) is 4.74 Å². The fourth-order valence-electron chi connectivity index (χ4n) is 2.55. The van der Waals surface area contributed by atoms with Gasteiger partial charge in [0.15, 0.2) is 11.9 Å².